The second kappa shape index (κ2) is 8.84. The number of allylic oxidation sites excluding steroid dienone is 2. The predicted octanol–water partition coefficient (Wildman–Crippen LogP) is 0.174. The first kappa shape index (κ1) is 20.7. The van der Waals surface area contributed by atoms with Crippen LogP contribution in [-0.4, -0.2) is 0 Å². The van der Waals surface area contributed by atoms with Gasteiger partial charge in [-0.3, -0.25) is 0 Å². The summed E-state index contributed by atoms with van der Waals surface area (Å²) in [5, 5.41) is 0. The van der Waals surface area contributed by atoms with Crippen molar-refractivity contribution in [1.29, 1.82) is 0 Å². The van der Waals surface area contributed by atoms with Crippen molar-refractivity contribution in [3.8, 4) is 0 Å². The van der Waals surface area contributed by atoms with Gasteiger partial charge in [-0.15, -0.1) is 0 Å². The molecule has 2 aromatic carbocycles. The summed E-state index contributed by atoms with van der Waals surface area (Å²) < 4.78 is 3.59. The first-order chi connectivity index (χ1) is 11.3. The molecule has 0 bridgehead atoms. The maximum absolute atomic E-state index is 2.53. The summed E-state index contributed by atoms with van der Waals surface area (Å²) in [6.45, 7) is 4.69. The van der Waals surface area contributed by atoms with Crippen LogP contribution in [0.1, 0.15) is 60.8 Å². The molecule has 128 valence electrons. The van der Waals surface area contributed by atoms with E-state index in [1.165, 1.54) is 24.0 Å². The van der Waals surface area contributed by atoms with Crippen LogP contribution >= 0.6 is 0 Å². The van der Waals surface area contributed by atoms with Crippen LogP contribution in [0.2, 0.25) is 0 Å². The van der Waals surface area contributed by atoms with Gasteiger partial charge in [0.2, 0.25) is 0 Å². The summed E-state index contributed by atoms with van der Waals surface area (Å²) in [5.41, 5.74) is 6.10. The Hall–Kier alpha value is -0.630. The summed E-state index contributed by atoms with van der Waals surface area (Å²) in [6.07, 6.45) is 7.55. The Morgan fingerprint density at radius 3 is 1.48 bits per heavy atom. The topological polar surface area (TPSA) is 0 Å². The van der Waals surface area contributed by atoms with Gasteiger partial charge in [0.05, 0.1) is 0 Å². The average Bonchev–Trinajstić information content (AvgIpc) is 3.11. The first-order valence-corrected chi connectivity index (χ1v) is 12.3. The van der Waals surface area contributed by atoms with Crippen molar-refractivity contribution in [2.75, 3.05) is 0 Å². The minimum atomic E-state index is -0.952. The minimum absolute atomic E-state index is 0. The third-order valence-corrected chi connectivity index (χ3v) is 10.8. The Balaban J connectivity index is 0.00000113. The van der Waals surface area contributed by atoms with E-state index in [4.69, 9.17) is 0 Å². The maximum atomic E-state index is 2.53. The normalized spacial score (nSPS) is 19.6. The maximum Gasteiger partial charge on any atom is -1.00 e. The number of fused-ring (bicyclic) bond motifs is 2. The zero-order valence-electron chi connectivity index (χ0n) is 14.6. The monoisotopic (exact) mass is 536 g/mol. The second-order valence-electron chi connectivity index (χ2n) is 6.50. The summed E-state index contributed by atoms with van der Waals surface area (Å²) in [6, 6.07) is 18.0. The molecule has 0 saturated carbocycles. The smallest absolute Gasteiger partial charge is 1.00 e. The molecule has 0 fully saturated rings. The van der Waals surface area contributed by atoms with Crippen molar-refractivity contribution in [3.63, 3.8) is 0 Å². The third kappa shape index (κ3) is 3.75. The Kier molecular flexibility index (Phi) is 7.31. The van der Waals surface area contributed by atoms with Gasteiger partial charge in [0.15, 0.2) is 0 Å². The number of halogens is 2. The van der Waals surface area contributed by atoms with Crippen LogP contribution in [0, 0.1) is 0 Å². The number of hydrogen-bond acceptors (Lipinski definition) is 0. The van der Waals surface area contributed by atoms with Gasteiger partial charge in [0, 0.05) is 0 Å². The zero-order valence-corrected chi connectivity index (χ0v) is 19.7. The molecule has 0 saturated heterocycles. The fourth-order valence-corrected chi connectivity index (χ4v) is 10.8. The van der Waals surface area contributed by atoms with Crippen molar-refractivity contribution in [2.45, 2.75) is 38.5 Å². The fourth-order valence-electron chi connectivity index (χ4n) is 4.08. The molecule has 2 unspecified atom stereocenters. The summed E-state index contributed by atoms with van der Waals surface area (Å²) in [5.74, 6) is 1.38. The van der Waals surface area contributed by atoms with E-state index in [1.807, 2.05) is 0 Å². The molecule has 3 heteroatoms. The van der Waals surface area contributed by atoms with E-state index >= 15 is 0 Å². The first-order valence-electron chi connectivity index (χ1n) is 8.69. The van der Waals surface area contributed by atoms with Crippen LogP contribution in [0.25, 0.3) is 12.2 Å². The number of rotatable bonds is 4. The van der Waals surface area contributed by atoms with Crippen LogP contribution in [0.15, 0.2) is 55.2 Å². The van der Waals surface area contributed by atoms with Gasteiger partial charge in [0.25, 0.3) is 0 Å². The molecule has 0 amide bonds. The molecule has 0 aromatic heterocycles. The van der Waals surface area contributed by atoms with Crippen molar-refractivity contribution >= 4 is 12.2 Å². The standard InChI is InChI=1S/2C11H11.2ClH.Hf/c2*1-2-9-7-8-10-5-3-4-6-11(9)10;;;/h2*3-6,8-9H,2H2,1H3;2*1H;/q;;;;+2/p-2. The summed E-state index contributed by atoms with van der Waals surface area (Å²) in [7, 11) is 0. The Morgan fingerprint density at radius 1 is 0.680 bits per heavy atom. The largest absolute Gasteiger partial charge is 1.00 e. The summed E-state index contributed by atoms with van der Waals surface area (Å²) >= 11 is -0.952. The van der Waals surface area contributed by atoms with Crippen LogP contribution in [0.4, 0.5) is 0 Å². The van der Waals surface area contributed by atoms with Crippen LogP contribution in [0.5, 0.6) is 0 Å². The molecule has 4 rings (SSSR count). The van der Waals surface area contributed by atoms with Crippen molar-refractivity contribution in [3.05, 3.63) is 77.4 Å². The average molecular weight is 536 g/mol. The predicted molar refractivity (Wildman–Crippen MR) is 94.9 cm³/mol. The van der Waals surface area contributed by atoms with Gasteiger partial charge in [-0.05, 0) is 0 Å². The van der Waals surface area contributed by atoms with Gasteiger partial charge >= 0.3 is 151 Å². The molecule has 0 nitrogen and oxygen atoms in total. The van der Waals surface area contributed by atoms with E-state index in [9.17, 15) is 0 Å². The van der Waals surface area contributed by atoms with Crippen LogP contribution in [-0.2, 0) is 22.9 Å². The van der Waals surface area contributed by atoms with Gasteiger partial charge in [-0.25, -0.2) is 0 Å². The second-order valence-corrected chi connectivity index (χ2v) is 11.6. The van der Waals surface area contributed by atoms with E-state index in [2.05, 4.69) is 74.5 Å². The molecule has 2 aromatic rings. The van der Waals surface area contributed by atoms with Gasteiger partial charge < -0.3 is 24.8 Å². The molecular weight excluding hydrogens is 514 g/mol. The molecule has 2 atom stereocenters. The Morgan fingerprint density at radius 2 is 1.08 bits per heavy atom. The molecule has 2 aliphatic carbocycles. The van der Waals surface area contributed by atoms with Gasteiger partial charge in [-0.2, -0.15) is 0 Å². The van der Waals surface area contributed by atoms with Crippen molar-refractivity contribution in [1.82, 2.24) is 0 Å². The van der Waals surface area contributed by atoms with E-state index in [1.54, 1.807) is 17.8 Å². The van der Waals surface area contributed by atoms with E-state index in [-0.39, 0.29) is 24.8 Å². The zero-order chi connectivity index (χ0) is 15.8. The van der Waals surface area contributed by atoms with Gasteiger partial charge in [0.1, 0.15) is 0 Å². The molecule has 0 heterocycles. The van der Waals surface area contributed by atoms with E-state index in [0.717, 1.165) is 0 Å². The van der Waals surface area contributed by atoms with Crippen LogP contribution in [0.3, 0.4) is 0 Å². The quantitative estimate of drug-likeness (QED) is 0.490. The van der Waals surface area contributed by atoms with E-state index in [0.29, 0.717) is 11.8 Å². The van der Waals surface area contributed by atoms with Crippen molar-refractivity contribution < 1.29 is 47.7 Å². The third-order valence-electron chi connectivity index (χ3n) is 5.22. The molecule has 25 heavy (non-hydrogen) atoms. The number of benzene rings is 2. The Bertz CT molecular complexity index is 740. The molecule has 2 aliphatic rings. The fraction of sp³-hybridized carbons (Fsp3) is 0.273. The molecule has 0 aliphatic heterocycles. The molecular formula is C22H22Cl2Hf. The Labute approximate surface area is 175 Å². The molecule has 0 N–H and O–H groups in total. The number of hydrogen-bond donors (Lipinski definition) is 0. The van der Waals surface area contributed by atoms with Crippen molar-refractivity contribution in [2.24, 2.45) is 0 Å². The summed E-state index contributed by atoms with van der Waals surface area (Å²) in [4.78, 5) is 0. The van der Waals surface area contributed by atoms with E-state index < -0.39 is 22.9 Å². The molecule has 0 spiro atoms. The SMILES string of the molecule is CCC1[C]([Hf+2][C]2=Cc3ccccc3C2CC)=Cc2ccccc21.[Cl-].[Cl-]. The molecule has 0 radical (unpaired) electrons. The van der Waals surface area contributed by atoms with Crippen LogP contribution < -0.4 is 24.8 Å². The minimum Gasteiger partial charge on any atom is -1.00 e. The van der Waals surface area contributed by atoms with Gasteiger partial charge in [-0.1, -0.05) is 0 Å².